The molecule has 6 nitrogen and oxygen atoms in total. The van der Waals surface area contributed by atoms with Gasteiger partial charge in [-0.3, -0.25) is 4.98 Å². The van der Waals surface area contributed by atoms with Gasteiger partial charge in [0.25, 0.3) is 0 Å². The van der Waals surface area contributed by atoms with Crippen LogP contribution in [0.25, 0.3) is 10.9 Å². The van der Waals surface area contributed by atoms with Crippen LogP contribution in [0.3, 0.4) is 0 Å². The van der Waals surface area contributed by atoms with Gasteiger partial charge in [-0.15, -0.1) is 0 Å². The summed E-state index contributed by atoms with van der Waals surface area (Å²) < 4.78 is 10.7. The van der Waals surface area contributed by atoms with Crippen LogP contribution in [0.15, 0.2) is 59.7 Å². The first-order valence-electron chi connectivity index (χ1n) is 9.31. The van der Waals surface area contributed by atoms with E-state index in [4.69, 9.17) is 14.5 Å². The lowest BCUT2D eigenvalue weighted by molar-refractivity contribution is 0.354. The van der Waals surface area contributed by atoms with Crippen LogP contribution in [0, 0.1) is 0 Å². The molecule has 0 aliphatic heterocycles. The third-order valence-electron chi connectivity index (χ3n) is 4.40. The monoisotopic (exact) mass is 378 g/mol. The topological polar surface area (TPSA) is 67.8 Å². The van der Waals surface area contributed by atoms with Crippen molar-refractivity contribution in [2.45, 2.75) is 20.0 Å². The Morgan fingerprint density at radius 2 is 1.82 bits per heavy atom. The molecule has 2 N–H and O–H groups in total. The number of ether oxygens (including phenoxy) is 2. The van der Waals surface area contributed by atoms with Crippen LogP contribution in [0.2, 0.25) is 0 Å². The fourth-order valence-corrected chi connectivity index (χ4v) is 2.98. The number of nitrogens with one attached hydrogen (secondary N) is 2. The zero-order valence-electron chi connectivity index (χ0n) is 16.5. The van der Waals surface area contributed by atoms with E-state index in [1.165, 1.54) is 5.56 Å². The Morgan fingerprint density at radius 1 is 1.00 bits per heavy atom. The van der Waals surface area contributed by atoms with E-state index in [1.807, 2.05) is 48.7 Å². The summed E-state index contributed by atoms with van der Waals surface area (Å²) in [6, 6.07) is 16.0. The van der Waals surface area contributed by atoms with Gasteiger partial charge in [-0.25, -0.2) is 4.99 Å². The molecule has 0 aliphatic rings. The highest BCUT2D eigenvalue weighted by Gasteiger charge is 2.06. The lowest BCUT2D eigenvalue weighted by Crippen LogP contribution is -2.36. The predicted molar refractivity (Wildman–Crippen MR) is 113 cm³/mol. The number of rotatable bonds is 7. The van der Waals surface area contributed by atoms with Gasteiger partial charge in [0.05, 0.1) is 26.3 Å². The minimum absolute atomic E-state index is 0.535. The summed E-state index contributed by atoms with van der Waals surface area (Å²) in [5, 5.41) is 7.84. The maximum Gasteiger partial charge on any atom is 0.191 e. The largest absolute Gasteiger partial charge is 0.493 e. The molecule has 0 aliphatic carbocycles. The lowest BCUT2D eigenvalue weighted by atomic mass is 10.1. The molecule has 0 saturated heterocycles. The summed E-state index contributed by atoms with van der Waals surface area (Å²) in [5.41, 5.74) is 3.22. The number of aromatic nitrogens is 1. The van der Waals surface area contributed by atoms with Crippen LogP contribution in [0.1, 0.15) is 18.1 Å². The van der Waals surface area contributed by atoms with Crippen molar-refractivity contribution in [3.63, 3.8) is 0 Å². The molecule has 2 aromatic carbocycles. The van der Waals surface area contributed by atoms with Crippen molar-refractivity contribution in [3.05, 3.63) is 65.9 Å². The van der Waals surface area contributed by atoms with Crippen LogP contribution in [-0.2, 0) is 13.1 Å². The molecule has 6 heteroatoms. The van der Waals surface area contributed by atoms with Gasteiger partial charge in [0.2, 0.25) is 0 Å². The van der Waals surface area contributed by atoms with Gasteiger partial charge in [0, 0.05) is 24.7 Å². The first kappa shape index (κ1) is 19.5. The van der Waals surface area contributed by atoms with Gasteiger partial charge < -0.3 is 20.1 Å². The second-order valence-electron chi connectivity index (χ2n) is 6.23. The Kier molecular flexibility index (Phi) is 6.68. The Bertz CT molecular complexity index is 951. The van der Waals surface area contributed by atoms with Crippen molar-refractivity contribution in [3.8, 4) is 11.5 Å². The van der Waals surface area contributed by atoms with Crippen LogP contribution in [0.4, 0.5) is 0 Å². The maximum absolute atomic E-state index is 5.37. The fourth-order valence-electron chi connectivity index (χ4n) is 2.98. The molecule has 146 valence electrons. The van der Waals surface area contributed by atoms with E-state index in [2.05, 4.69) is 28.6 Å². The number of pyridine rings is 1. The van der Waals surface area contributed by atoms with Gasteiger partial charge in [0.1, 0.15) is 0 Å². The molecule has 3 aromatic rings. The zero-order valence-corrected chi connectivity index (χ0v) is 16.5. The third-order valence-corrected chi connectivity index (χ3v) is 4.40. The molecule has 0 saturated carbocycles. The minimum atomic E-state index is 0.535. The first-order valence-corrected chi connectivity index (χ1v) is 9.31. The van der Waals surface area contributed by atoms with Crippen molar-refractivity contribution in [1.29, 1.82) is 0 Å². The summed E-state index contributed by atoms with van der Waals surface area (Å²) in [4.78, 5) is 9.11. The molecular weight excluding hydrogens is 352 g/mol. The number of fused-ring (bicyclic) bond motifs is 1. The minimum Gasteiger partial charge on any atom is -0.493 e. The smallest absolute Gasteiger partial charge is 0.191 e. The average Bonchev–Trinajstić information content (AvgIpc) is 2.75. The summed E-state index contributed by atoms with van der Waals surface area (Å²) in [6.07, 6.45) is 1.84. The van der Waals surface area contributed by atoms with E-state index in [1.54, 1.807) is 14.2 Å². The number of guanidine groups is 1. The summed E-state index contributed by atoms with van der Waals surface area (Å²) in [7, 11) is 3.27. The standard InChI is InChI=1S/C22H26N4O2/c1-4-23-22(25-14-16-9-10-20(27-2)21(13-16)28-3)26-15-17-11-12-24-19-8-6-5-7-18(17)19/h5-13H,4,14-15H2,1-3H3,(H2,23,25,26). The third kappa shape index (κ3) is 4.71. The predicted octanol–water partition coefficient (Wildman–Crippen LogP) is 3.51. The van der Waals surface area contributed by atoms with E-state index < -0.39 is 0 Å². The maximum atomic E-state index is 5.37. The lowest BCUT2D eigenvalue weighted by Gasteiger charge is -2.13. The molecule has 1 aromatic heterocycles. The van der Waals surface area contributed by atoms with Gasteiger partial charge in [-0.05, 0) is 42.3 Å². The Hall–Kier alpha value is -3.28. The first-order chi connectivity index (χ1) is 13.7. The summed E-state index contributed by atoms with van der Waals surface area (Å²) >= 11 is 0. The van der Waals surface area contributed by atoms with Crippen molar-refractivity contribution >= 4 is 16.9 Å². The van der Waals surface area contributed by atoms with E-state index in [0.717, 1.165) is 29.0 Å². The Labute approximate surface area is 165 Å². The second-order valence-corrected chi connectivity index (χ2v) is 6.23. The van der Waals surface area contributed by atoms with Crippen molar-refractivity contribution in [2.24, 2.45) is 4.99 Å². The van der Waals surface area contributed by atoms with Gasteiger partial charge >= 0.3 is 0 Å². The SMILES string of the molecule is CCNC(=NCc1ccc(OC)c(OC)c1)NCc1ccnc2ccccc12. The number of hydrogen-bond acceptors (Lipinski definition) is 4. The van der Waals surface area contributed by atoms with E-state index in [-0.39, 0.29) is 0 Å². The molecule has 0 bridgehead atoms. The molecular formula is C22H26N4O2. The molecule has 0 amide bonds. The van der Waals surface area contributed by atoms with Crippen molar-refractivity contribution < 1.29 is 9.47 Å². The highest BCUT2D eigenvalue weighted by Crippen LogP contribution is 2.27. The van der Waals surface area contributed by atoms with Gasteiger partial charge in [0.15, 0.2) is 17.5 Å². The van der Waals surface area contributed by atoms with Gasteiger partial charge in [-0.1, -0.05) is 24.3 Å². The molecule has 0 atom stereocenters. The molecule has 1 heterocycles. The molecule has 0 spiro atoms. The second kappa shape index (κ2) is 9.60. The molecule has 0 fully saturated rings. The molecule has 28 heavy (non-hydrogen) atoms. The zero-order chi connectivity index (χ0) is 19.8. The van der Waals surface area contributed by atoms with E-state index >= 15 is 0 Å². The quantitative estimate of drug-likeness (QED) is 0.486. The normalized spacial score (nSPS) is 11.3. The van der Waals surface area contributed by atoms with Crippen LogP contribution < -0.4 is 20.1 Å². The Morgan fingerprint density at radius 3 is 2.61 bits per heavy atom. The number of aliphatic imine (C=N–C) groups is 1. The highest BCUT2D eigenvalue weighted by molar-refractivity contribution is 5.83. The molecule has 0 unspecified atom stereocenters. The number of hydrogen-bond donors (Lipinski definition) is 2. The van der Waals surface area contributed by atoms with Crippen molar-refractivity contribution in [2.75, 3.05) is 20.8 Å². The van der Waals surface area contributed by atoms with E-state index in [0.29, 0.717) is 24.6 Å². The van der Waals surface area contributed by atoms with Crippen LogP contribution in [-0.4, -0.2) is 31.7 Å². The highest BCUT2D eigenvalue weighted by atomic mass is 16.5. The summed E-state index contributed by atoms with van der Waals surface area (Å²) in [5.74, 6) is 2.18. The van der Waals surface area contributed by atoms with E-state index in [9.17, 15) is 0 Å². The number of benzene rings is 2. The summed E-state index contributed by atoms with van der Waals surface area (Å²) in [6.45, 7) is 4.04. The van der Waals surface area contributed by atoms with Crippen molar-refractivity contribution in [1.82, 2.24) is 15.6 Å². The van der Waals surface area contributed by atoms with Crippen LogP contribution in [0.5, 0.6) is 11.5 Å². The fraction of sp³-hybridized carbons (Fsp3) is 0.273. The molecule has 0 radical (unpaired) electrons. The number of methoxy groups -OCH3 is 2. The average molecular weight is 378 g/mol. The number of para-hydroxylation sites is 1. The van der Waals surface area contributed by atoms with Crippen LogP contribution >= 0.6 is 0 Å². The number of nitrogens with zero attached hydrogens (tertiary/aromatic N) is 2. The molecule has 3 rings (SSSR count). The van der Waals surface area contributed by atoms with Gasteiger partial charge in [-0.2, -0.15) is 0 Å². The Balaban J connectivity index is 1.72.